The Morgan fingerprint density at radius 2 is 1.93 bits per heavy atom. The molecule has 0 aliphatic carbocycles. The molecule has 0 spiro atoms. The topological polar surface area (TPSA) is 78.9 Å². The summed E-state index contributed by atoms with van der Waals surface area (Å²) >= 11 is 1.69. The van der Waals surface area contributed by atoms with E-state index in [1.807, 2.05) is 35.2 Å². The Kier molecular flexibility index (Phi) is 4.88. The fourth-order valence-electron chi connectivity index (χ4n) is 3.73. The molecule has 0 radical (unpaired) electrons. The van der Waals surface area contributed by atoms with Crippen molar-refractivity contribution in [3.63, 3.8) is 0 Å². The van der Waals surface area contributed by atoms with Gasteiger partial charge in [0.05, 0.1) is 18.8 Å². The van der Waals surface area contributed by atoms with Gasteiger partial charge in [0.15, 0.2) is 5.69 Å². The molecule has 0 fully saturated rings. The van der Waals surface area contributed by atoms with E-state index in [1.165, 1.54) is 21.6 Å². The van der Waals surface area contributed by atoms with Gasteiger partial charge in [0.25, 0.3) is 5.89 Å². The summed E-state index contributed by atoms with van der Waals surface area (Å²) < 4.78 is 13.5. The molecule has 152 valence electrons. The molecule has 4 aromatic rings. The Labute approximate surface area is 178 Å². The monoisotopic (exact) mass is 419 g/mol. The Morgan fingerprint density at radius 1 is 1.10 bits per heavy atom. The van der Waals surface area contributed by atoms with Crippen LogP contribution in [0.15, 0.2) is 51.9 Å². The van der Waals surface area contributed by atoms with Gasteiger partial charge in [0.2, 0.25) is 5.82 Å². The molecule has 0 N–H and O–H groups in total. The molecular weight excluding hydrogens is 398 g/mol. The number of aryl methyl sites for hydroxylation is 2. The largest absolute Gasteiger partial charge is 0.365 e. The second-order valence-corrected chi connectivity index (χ2v) is 8.26. The van der Waals surface area contributed by atoms with E-state index in [1.54, 1.807) is 11.8 Å². The minimum atomic E-state index is -0.0548. The number of hydrogen-bond acceptors (Lipinski definition) is 7. The summed E-state index contributed by atoms with van der Waals surface area (Å²) in [6, 6.07) is 14.5. The van der Waals surface area contributed by atoms with Crippen molar-refractivity contribution in [2.24, 2.45) is 0 Å². The number of benzene rings is 2. The van der Waals surface area contributed by atoms with Crippen LogP contribution in [0.3, 0.4) is 0 Å². The highest BCUT2D eigenvalue weighted by Crippen LogP contribution is 2.32. The molecule has 7 nitrogen and oxygen atoms in total. The second kappa shape index (κ2) is 7.70. The van der Waals surface area contributed by atoms with Crippen molar-refractivity contribution in [3.05, 3.63) is 64.8 Å². The van der Waals surface area contributed by atoms with Crippen molar-refractivity contribution in [2.75, 3.05) is 6.26 Å². The molecule has 0 saturated carbocycles. The number of rotatable bonds is 4. The number of nitrogens with zero attached hydrogens (tertiary/aromatic N) is 5. The lowest BCUT2D eigenvalue weighted by molar-refractivity contribution is -0.00153. The van der Waals surface area contributed by atoms with Gasteiger partial charge in [-0.25, -0.2) is 4.68 Å². The van der Waals surface area contributed by atoms with E-state index in [0.29, 0.717) is 30.6 Å². The van der Waals surface area contributed by atoms with Crippen LogP contribution in [0.4, 0.5) is 0 Å². The van der Waals surface area contributed by atoms with Gasteiger partial charge in [-0.1, -0.05) is 34.1 Å². The highest BCUT2D eigenvalue weighted by Gasteiger charge is 2.28. The summed E-state index contributed by atoms with van der Waals surface area (Å²) in [4.78, 5) is 5.72. The van der Waals surface area contributed by atoms with Crippen LogP contribution >= 0.6 is 11.8 Å². The van der Waals surface area contributed by atoms with E-state index in [0.717, 1.165) is 11.3 Å². The van der Waals surface area contributed by atoms with Gasteiger partial charge < -0.3 is 9.26 Å². The summed E-state index contributed by atoms with van der Waals surface area (Å²) in [6.45, 7) is 5.19. The molecule has 2 aromatic heterocycles. The van der Waals surface area contributed by atoms with Crippen LogP contribution in [0.5, 0.6) is 0 Å². The van der Waals surface area contributed by atoms with Gasteiger partial charge in [0.1, 0.15) is 6.10 Å². The quantitative estimate of drug-likeness (QED) is 0.447. The third-order valence-corrected chi connectivity index (χ3v) is 6.09. The maximum absolute atomic E-state index is 6.16. The SMILES string of the molecule is CSc1ccc(-c2noc(-c3nnn4c3CO[C@@H](c3ccc(C)cc3C)C4)n2)cc1. The standard InChI is InChI=1S/C22H21N5O2S/c1-13-4-9-17(14(2)10-13)19-11-27-18(12-28-19)20(24-26-27)22-23-21(25-29-22)15-5-7-16(30-3)8-6-15/h4-10,19H,11-12H2,1-3H3/t19-/m1/s1. The van der Waals surface area contributed by atoms with Crippen LogP contribution in [0, 0.1) is 13.8 Å². The molecule has 0 amide bonds. The molecule has 0 saturated heterocycles. The molecule has 3 heterocycles. The fourth-order valence-corrected chi connectivity index (χ4v) is 4.14. The van der Waals surface area contributed by atoms with Crippen molar-refractivity contribution in [1.82, 2.24) is 25.1 Å². The summed E-state index contributed by atoms with van der Waals surface area (Å²) in [6.07, 6.45) is 1.99. The summed E-state index contributed by atoms with van der Waals surface area (Å²) in [7, 11) is 0. The maximum Gasteiger partial charge on any atom is 0.280 e. The lowest BCUT2D eigenvalue weighted by Crippen LogP contribution is -2.22. The minimum absolute atomic E-state index is 0.0548. The highest BCUT2D eigenvalue weighted by molar-refractivity contribution is 7.98. The maximum atomic E-state index is 6.16. The van der Waals surface area contributed by atoms with Crippen molar-refractivity contribution >= 4 is 11.8 Å². The van der Waals surface area contributed by atoms with Crippen LogP contribution < -0.4 is 0 Å². The van der Waals surface area contributed by atoms with Crippen molar-refractivity contribution in [1.29, 1.82) is 0 Å². The van der Waals surface area contributed by atoms with Gasteiger partial charge in [-0.05, 0) is 55.5 Å². The van der Waals surface area contributed by atoms with Crippen molar-refractivity contribution in [3.8, 4) is 23.0 Å². The summed E-state index contributed by atoms with van der Waals surface area (Å²) in [5.74, 6) is 0.887. The average Bonchev–Trinajstić information content (AvgIpc) is 3.40. The lowest BCUT2D eigenvalue weighted by Gasteiger charge is -2.25. The van der Waals surface area contributed by atoms with Gasteiger partial charge in [0, 0.05) is 10.5 Å². The third-order valence-electron chi connectivity index (χ3n) is 5.35. The van der Waals surface area contributed by atoms with Gasteiger partial charge in [-0.2, -0.15) is 4.98 Å². The van der Waals surface area contributed by atoms with Crippen LogP contribution in [0.25, 0.3) is 23.0 Å². The van der Waals surface area contributed by atoms with E-state index < -0.39 is 0 Å². The molecule has 8 heteroatoms. The van der Waals surface area contributed by atoms with E-state index >= 15 is 0 Å². The Morgan fingerprint density at radius 3 is 2.70 bits per heavy atom. The molecule has 0 bridgehead atoms. The smallest absolute Gasteiger partial charge is 0.280 e. The highest BCUT2D eigenvalue weighted by atomic mass is 32.2. The Bertz CT molecular complexity index is 1200. The van der Waals surface area contributed by atoms with E-state index in [4.69, 9.17) is 9.26 Å². The average molecular weight is 420 g/mol. The van der Waals surface area contributed by atoms with Crippen molar-refractivity contribution in [2.45, 2.75) is 38.0 Å². The fraction of sp³-hybridized carbons (Fsp3) is 0.273. The van der Waals surface area contributed by atoms with Crippen LogP contribution in [-0.4, -0.2) is 31.4 Å². The van der Waals surface area contributed by atoms with Gasteiger partial charge >= 0.3 is 0 Å². The number of fused-ring (bicyclic) bond motifs is 1. The van der Waals surface area contributed by atoms with Crippen molar-refractivity contribution < 1.29 is 9.26 Å². The number of hydrogen-bond donors (Lipinski definition) is 0. The summed E-state index contributed by atoms with van der Waals surface area (Å²) in [5, 5.41) is 12.7. The van der Waals surface area contributed by atoms with E-state index in [2.05, 4.69) is 52.5 Å². The molecule has 1 aliphatic rings. The third kappa shape index (κ3) is 3.42. The molecular formula is C22H21N5O2S. The molecule has 1 aliphatic heterocycles. The number of thioether (sulfide) groups is 1. The lowest BCUT2D eigenvalue weighted by atomic mass is 10.0. The molecule has 30 heavy (non-hydrogen) atoms. The van der Waals surface area contributed by atoms with Gasteiger partial charge in [-0.3, -0.25) is 0 Å². The first-order valence-corrected chi connectivity index (χ1v) is 10.9. The second-order valence-electron chi connectivity index (χ2n) is 7.38. The molecule has 2 aromatic carbocycles. The van der Waals surface area contributed by atoms with E-state index in [-0.39, 0.29) is 6.10 Å². The van der Waals surface area contributed by atoms with Crippen LogP contribution in [-0.2, 0) is 17.9 Å². The predicted molar refractivity (Wildman–Crippen MR) is 114 cm³/mol. The van der Waals surface area contributed by atoms with Crippen LogP contribution in [0.2, 0.25) is 0 Å². The summed E-state index contributed by atoms with van der Waals surface area (Å²) in [5.41, 5.74) is 5.97. The van der Waals surface area contributed by atoms with E-state index in [9.17, 15) is 0 Å². The predicted octanol–water partition coefficient (Wildman–Crippen LogP) is 4.61. The Hall–Kier alpha value is -2.97. The zero-order chi connectivity index (χ0) is 20.7. The van der Waals surface area contributed by atoms with Crippen LogP contribution in [0.1, 0.15) is 28.5 Å². The molecule has 5 rings (SSSR count). The molecule has 1 atom stereocenters. The minimum Gasteiger partial charge on any atom is -0.365 e. The zero-order valence-corrected chi connectivity index (χ0v) is 17.8. The first-order chi connectivity index (χ1) is 14.6. The first-order valence-electron chi connectivity index (χ1n) is 9.72. The number of aromatic nitrogens is 5. The molecule has 0 unspecified atom stereocenters. The normalized spacial score (nSPS) is 15.9. The Balaban J connectivity index is 1.40. The zero-order valence-electron chi connectivity index (χ0n) is 17.0. The van der Waals surface area contributed by atoms with Gasteiger partial charge in [-0.15, -0.1) is 16.9 Å². The first kappa shape index (κ1) is 19.0. The number of ether oxygens (including phenoxy) is 1.